The van der Waals surface area contributed by atoms with E-state index in [2.05, 4.69) is 40.8 Å². The highest BCUT2D eigenvalue weighted by molar-refractivity contribution is 7.89. The van der Waals surface area contributed by atoms with Crippen molar-refractivity contribution < 1.29 is 8.42 Å². The zero-order valence-corrected chi connectivity index (χ0v) is 19.4. The van der Waals surface area contributed by atoms with Gasteiger partial charge in [0.15, 0.2) is 0 Å². The van der Waals surface area contributed by atoms with Crippen molar-refractivity contribution in [2.75, 3.05) is 36.0 Å². The lowest BCUT2D eigenvalue weighted by atomic mass is 10.1. The van der Waals surface area contributed by atoms with Crippen molar-refractivity contribution in [3.05, 3.63) is 61.2 Å². The molecular weight excluding hydrogens is 450 g/mol. The number of benzene rings is 2. The topological polar surface area (TPSA) is 107 Å². The molecule has 2 fully saturated rings. The Bertz CT molecular complexity index is 1430. The van der Waals surface area contributed by atoms with Gasteiger partial charge in [0, 0.05) is 55.1 Å². The molecule has 0 bridgehead atoms. The SMILES string of the molecule is O=S(=O)(NC1CC1)c1cccc(N2CCN(c3ncnc4ccc(-c5cn[nH]c5)cc34)CC2)c1. The monoisotopic (exact) mass is 475 g/mol. The summed E-state index contributed by atoms with van der Waals surface area (Å²) >= 11 is 0. The first-order chi connectivity index (χ1) is 16.6. The Morgan fingerprint density at radius 2 is 1.76 bits per heavy atom. The number of aromatic nitrogens is 4. The third kappa shape index (κ3) is 4.10. The molecule has 1 aliphatic carbocycles. The molecule has 4 aromatic rings. The Kier molecular flexibility index (Phi) is 5.19. The van der Waals surface area contributed by atoms with Crippen molar-refractivity contribution in [2.24, 2.45) is 0 Å². The standard InChI is InChI=1S/C24H25N7O2S/c32-34(33,29-19-5-6-19)21-3-1-2-20(13-21)30-8-10-31(11-9-30)24-22-12-17(18-14-27-28-15-18)4-7-23(22)25-16-26-24/h1-4,7,12-16,19,29H,5-6,8-11H2,(H,27,28). The van der Waals surface area contributed by atoms with E-state index in [-0.39, 0.29) is 6.04 Å². The fourth-order valence-corrected chi connectivity index (χ4v) is 5.74. The maximum atomic E-state index is 12.6. The number of aromatic amines is 1. The summed E-state index contributed by atoms with van der Waals surface area (Å²) in [5, 5.41) is 7.92. The second-order valence-electron chi connectivity index (χ2n) is 8.78. The van der Waals surface area contributed by atoms with E-state index in [0.717, 1.165) is 72.6 Å². The molecule has 9 nitrogen and oxygen atoms in total. The summed E-state index contributed by atoms with van der Waals surface area (Å²) in [5.74, 6) is 0.917. The first-order valence-electron chi connectivity index (χ1n) is 11.4. The minimum Gasteiger partial charge on any atom is -0.368 e. The predicted molar refractivity (Wildman–Crippen MR) is 131 cm³/mol. The summed E-state index contributed by atoms with van der Waals surface area (Å²) < 4.78 is 28.0. The van der Waals surface area contributed by atoms with Gasteiger partial charge in [-0.2, -0.15) is 5.10 Å². The van der Waals surface area contributed by atoms with Gasteiger partial charge in [-0.05, 0) is 48.7 Å². The number of nitrogens with one attached hydrogen (secondary N) is 2. The average molecular weight is 476 g/mol. The highest BCUT2D eigenvalue weighted by Gasteiger charge is 2.28. The zero-order chi connectivity index (χ0) is 23.1. The smallest absolute Gasteiger partial charge is 0.240 e. The molecule has 0 radical (unpaired) electrons. The molecule has 3 heterocycles. The van der Waals surface area contributed by atoms with Gasteiger partial charge in [-0.3, -0.25) is 5.10 Å². The summed E-state index contributed by atoms with van der Waals surface area (Å²) in [4.78, 5) is 13.9. The average Bonchev–Trinajstić information content (AvgIpc) is 3.50. The zero-order valence-electron chi connectivity index (χ0n) is 18.6. The first kappa shape index (κ1) is 21.1. The van der Waals surface area contributed by atoms with Gasteiger partial charge >= 0.3 is 0 Å². The molecule has 174 valence electrons. The van der Waals surface area contributed by atoms with E-state index in [4.69, 9.17) is 0 Å². The molecule has 2 N–H and O–H groups in total. The minimum absolute atomic E-state index is 0.0916. The minimum atomic E-state index is -3.47. The van der Waals surface area contributed by atoms with Gasteiger partial charge < -0.3 is 9.80 Å². The van der Waals surface area contributed by atoms with Gasteiger partial charge in [-0.15, -0.1) is 0 Å². The predicted octanol–water partition coefficient (Wildman–Crippen LogP) is 2.79. The van der Waals surface area contributed by atoms with Crippen LogP contribution in [0.5, 0.6) is 0 Å². The Labute approximate surface area is 197 Å². The second kappa shape index (κ2) is 8.37. The van der Waals surface area contributed by atoms with E-state index in [0.29, 0.717) is 4.90 Å². The van der Waals surface area contributed by atoms with Crippen molar-refractivity contribution in [1.29, 1.82) is 0 Å². The van der Waals surface area contributed by atoms with E-state index in [9.17, 15) is 8.42 Å². The number of hydrogen-bond donors (Lipinski definition) is 2. The Morgan fingerprint density at radius 1 is 0.941 bits per heavy atom. The number of H-pyrrole nitrogens is 1. The molecule has 1 aliphatic heterocycles. The van der Waals surface area contributed by atoms with Crippen LogP contribution in [-0.4, -0.2) is 60.8 Å². The summed E-state index contributed by atoms with van der Waals surface area (Å²) in [6.07, 6.45) is 7.13. The quantitative estimate of drug-likeness (QED) is 0.442. The lowest BCUT2D eigenvalue weighted by molar-refractivity contribution is 0.581. The molecule has 1 saturated heterocycles. The molecule has 0 amide bonds. The van der Waals surface area contributed by atoms with Gasteiger partial charge in [0.25, 0.3) is 0 Å². The van der Waals surface area contributed by atoms with Crippen LogP contribution in [0.4, 0.5) is 11.5 Å². The van der Waals surface area contributed by atoms with Crippen molar-refractivity contribution in [2.45, 2.75) is 23.8 Å². The second-order valence-corrected chi connectivity index (χ2v) is 10.5. The molecule has 6 rings (SSSR count). The number of hydrogen-bond acceptors (Lipinski definition) is 7. The lowest BCUT2D eigenvalue weighted by Gasteiger charge is -2.37. The maximum absolute atomic E-state index is 12.6. The lowest BCUT2D eigenvalue weighted by Crippen LogP contribution is -2.47. The highest BCUT2D eigenvalue weighted by Crippen LogP contribution is 2.30. The largest absolute Gasteiger partial charge is 0.368 e. The van der Waals surface area contributed by atoms with Crippen molar-refractivity contribution >= 4 is 32.4 Å². The number of fused-ring (bicyclic) bond motifs is 1. The number of sulfonamides is 1. The molecule has 2 aromatic heterocycles. The van der Waals surface area contributed by atoms with Crippen LogP contribution in [0.15, 0.2) is 66.1 Å². The fraction of sp³-hybridized carbons (Fsp3) is 0.292. The Morgan fingerprint density at radius 3 is 2.53 bits per heavy atom. The fourth-order valence-electron chi connectivity index (χ4n) is 4.40. The third-order valence-electron chi connectivity index (χ3n) is 6.42. The maximum Gasteiger partial charge on any atom is 0.240 e. The molecule has 34 heavy (non-hydrogen) atoms. The summed E-state index contributed by atoms with van der Waals surface area (Å²) in [6, 6.07) is 13.5. The summed E-state index contributed by atoms with van der Waals surface area (Å²) in [7, 11) is -3.47. The number of nitrogens with zero attached hydrogens (tertiary/aromatic N) is 5. The van der Waals surface area contributed by atoms with Crippen LogP contribution >= 0.6 is 0 Å². The van der Waals surface area contributed by atoms with Crippen molar-refractivity contribution in [3.63, 3.8) is 0 Å². The Hall–Kier alpha value is -3.50. The van der Waals surface area contributed by atoms with Gasteiger partial charge in [0.05, 0.1) is 16.6 Å². The third-order valence-corrected chi connectivity index (χ3v) is 7.94. The number of rotatable bonds is 6. The normalized spacial score (nSPS) is 16.8. The molecule has 0 atom stereocenters. The Balaban J connectivity index is 1.22. The molecule has 10 heteroatoms. The van der Waals surface area contributed by atoms with E-state index in [1.165, 1.54) is 0 Å². The van der Waals surface area contributed by atoms with Gasteiger partial charge in [0.2, 0.25) is 10.0 Å². The van der Waals surface area contributed by atoms with Crippen LogP contribution in [0.2, 0.25) is 0 Å². The summed E-state index contributed by atoms with van der Waals surface area (Å²) in [5.41, 5.74) is 3.91. The van der Waals surface area contributed by atoms with Gasteiger partial charge in [0.1, 0.15) is 12.1 Å². The van der Waals surface area contributed by atoms with E-state index < -0.39 is 10.0 Å². The van der Waals surface area contributed by atoms with E-state index >= 15 is 0 Å². The molecular formula is C24H25N7O2S. The van der Waals surface area contributed by atoms with Crippen LogP contribution in [0.3, 0.4) is 0 Å². The molecule has 0 spiro atoms. The molecule has 2 aromatic carbocycles. The summed E-state index contributed by atoms with van der Waals surface area (Å²) in [6.45, 7) is 3.09. The molecule has 0 unspecified atom stereocenters. The number of anilines is 2. The van der Waals surface area contributed by atoms with Gasteiger partial charge in [-0.1, -0.05) is 12.1 Å². The van der Waals surface area contributed by atoms with Crippen LogP contribution < -0.4 is 14.5 Å². The van der Waals surface area contributed by atoms with E-state index in [1.807, 2.05) is 30.5 Å². The van der Waals surface area contributed by atoms with Crippen LogP contribution in [0, 0.1) is 0 Å². The molecule has 2 aliphatic rings. The van der Waals surface area contributed by atoms with E-state index in [1.54, 1.807) is 24.7 Å². The van der Waals surface area contributed by atoms with Crippen molar-refractivity contribution in [3.8, 4) is 11.1 Å². The van der Waals surface area contributed by atoms with Crippen molar-refractivity contribution in [1.82, 2.24) is 24.9 Å². The highest BCUT2D eigenvalue weighted by atomic mass is 32.2. The first-order valence-corrected chi connectivity index (χ1v) is 12.9. The van der Waals surface area contributed by atoms with Crippen LogP contribution in [-0.2, 0) is 10.0 Å². The van der Waals surface area contributed by atoms with Crippen LogP contribution in [0.25, 0.3) is 22.0 Å². The molecule has 1 saturated carbocycles. The number of piperazine rings is 1. The van der Waals surface area contributed by atoms with Crippen LogP contribution in [0.1, 0.15) is 12.8 Å². The van der Waals surface area contributed by atoms with Gasteiger partial charge in [-0.25, -0.2) is 23.1 Å².